The van der Waals surface area contributed by atoms with Gasteiger partial charge in [-0.05, 0) is 49.6 Å². The second-order valence-corrected chi connectivity index (χ2v) is 7.20. The number of nitrogens with one attached hydrogen (secondary N) is 1. The molecule has 5 heteroatoms. The Kier molecular flexibility index (Phi) is 4.46. The minimum Gasteiger partial charge on any atom is -0.312 e. The van der Waals surface area contributed by atoms with Gasteiger partial charge in [-0.3, -0.25) is 9.52 Å². The highest BCUT2D eigenvalue weighted by Gasteiger charge is 2.45. The molecule has 2 aliphatic rings. The highest BCUT2D eigenvalue weighted by atomic mass is 32.2. The third kappa shape index (κ3) is 2.88. The molecule has 1 saturated carbocycles. The summed E-state index contributed by atoms with van der Waals surface area (Å²) in [5, 5.41) is 0. The maximum atomic E-state index is 14.6. The highest BCUT2D eigenvalue weighted by Crippen LogP contribution is 2.49. The first-order valence-electron chi connectivity index (χ1n) is 7.95. The second kappa shape index (κ2) is 6.20. The van der Waals surface area contributed by atoms with Gasteiger partial charge in [0.15, 0.2) is 0 Å². The zero-order valence-electron chi connectivity index (χ0n) is 13.2. The molecule has 2 fully saturated rings. The van der Waals surface area contributed by atoms with Crippen LogP contribution in [-0.4, -0.2) is 25.3 Å². The number of anilines is 1. The summed E-state index contributed by atoms with van der Waals surface area (Å²) < 4.78 is 17.9. The molecule has 0 bridgehead atoms. The predicted molar refractivity (Wildman–Crippen MR) is 89.6 cm³/mol. The maximum Gasteiger partial charge on any atom is 0.229 e. The smallest absolute Gasteiger partial charge is 0.229 e. The Morgan fingerprint density at radius 3 is 2.86 bits per heavy atom. The Labute approximate surface area is 135 Å². The van der Waals surface area contributed by atoms with Gasteiger partial charge in [0.25, 0.3) is 0 Å². The predicted octanol–water partition coefficient (Wildman–Crippen LogP) is 3.49. The third-order valence-electron chi connectivity index (χ3n) is 4.95. The fourth-order valence-corrected chi connectivity index (χ4v) is 3.74. The van der Waals surface area contributed by atoms with Crippen molar-refractivity contribution in [3.63, 3.8) is 0 Å². The minimum absolute atomic E-state index is 0.0389. The summed E-state index contributed by atoms with van der Waals surface area (Å²) in [6.07, 6.45) is 5.95. The van der Waals surface area contributed by atoms with Crippen LogP contribution in [-0.2, 0) is 10.2 Å². The van der Waals surface area contributed by atoms with Crippen LogP contribution in [0.2, 0.25) is 0 Å². The van der Waals surface area contributed by atoms with Gasteiger partial charge in [-0.15, -0.1) is 0 Å². The molecule has 1 aromatic rings. The van der Waals surface area contributed by atoms with Crippen molar-refractivity contribution >= 4 is 23.5 Å². The van der Waals surface area contributed by atoms with E-state index in [0.29, 0.717) is 12.2 Å². The second-order valence-electron chi connectivity index (χ2n) is 6.50. The number of amides is 1. The molecule has 1 heterocycles. The van der Waals surface area contributed by atoms with E-state index in [4.69, 9.17) is 0 Å². The van der Waals surface area contributed by atoms with Crippen molar-refractivity contribution in [1.82, 2.24) is 4.72 Å². The van der Waals surface area contributed by atoms with E-state index < -0.39 is 0 Å². The van der Waals surface area contributed by atoms with Gasteiger partial charge in [0.05, 0.1) is 0 Å². The quantitative estimate of drug-likeness (QED) is 0.842. The highest BCUT2D eigenvalue weighted by molar-refractivity contribution is 7.96. The van der Waals surface area contributed by atoms with E-state index >= 15 is 0 Å². The molecule has 0 aromatic heterocycles. The van der Waals surface area contributed by atoms with Crippen LogP contribution in [0.5, 0.6) is 0 Å². The van der Waals surface area contributed by atoms with E-state index in [1.54, 1.807) is 22.9 Å². The average molecular weight is 322 g/mol. The van der Waals surface area contributed by atoms with E-state index in [1.165, 1.54) is 0 Å². The van der Waals surface area contributed by atoms with Crippen LogP contribution >= 0.6 is 11.9 Å². The molecule has 1 unspecified atom stereocenters. The van der Waals surface area contributed by atoms with Gasteiger partial charge in [0.1, 0.15) is 5.82 Å². The van der Waals surface area contributed by atoms with E-state index in [9.17, 15) is 9.18 Å². The van der Waals surface area contributed by atoms with Crippen LogP contribution in [0.3, 0.4) is 0 Å². The number of hydrogen-bond donors (Lipinski definition) is 1. The van der Waals surface area contributed by atoms with Crippen molar-refractivity contribution in [2.45, 2.75) is 38.0 Å². The van der Waals surface area contributed by atoms with Crippen molar-refractivity contribution in [2.75, 3.05) is 24.2 Å². The molecule has 1 saturated heterocycles. The van der Waals surface area contributed by atoms with Crippen molar-refractivity contribution in [3.8, 4) is 0 Å². The van der Waals surface area contributed by atoms with Gasteiger partial charge < -0.3 is 4.90 Å². The van der Waals surface area contributed by atoms with Crippen LogP contribution in [0.15, 0.2) is 18.2 Å². The monoisotopic (exact) mass is 322 g/mol. The molecule has 120 valence electrons. The summed E-state index contributed by atoms with van der Waals surface area (Å²) in [6, 6.07) is 5.34. The molecular weight excluding hydrogens is 299 g/mol. The van der Waals surface area contributed by atoms with Crippen LogP contribution in [0.1, 0.15) is 38.2 Å². The molecule has 22 heavy (non-hydrogen) atoms. The number of hydrogen-bond acceptors (Lipinski definition) is 3. The zero-order chi connectivity index (χ0) is 15.7. The van der Waals surface area contributed by atoms with Gasteiger partial charge in [-0.25, -0.2) is 4.39 Å². The van der Waals surface area contributed by atoms with Crippen LogP contribution < -0.4 is 9.62 Å². The summed E-state index contributed by atoms with van der Waals surface area (Å²) in [7, 11) is 0. The Balaban J connectivity index is 1.82. The van der Waals surface area contributed by atoms with Crippen molar-refractivity contribution in [2.24, 2.45) is 5.92 Å². The average Bonchev–Trinajstić information content (AvgIpc) is 3.29. The van der Waals surface area contributed by atoms with Gasteiger partial charge >= 0.3 is 0 Å². The van der Waals surface area contributed by atoms with Crippen molar-refractivity contribution in [3.05, 3.63) is 29.6 Å². The maximum absolute atomic E-state index is 14.6. The number of rotatable bonds is 5. The largest absolute Gasteiger partial charge is 0.312 e. The summed E-state index contributed by atoms with van der Waals surface area (Å²) in [4.78, 5) is 14.0. The molecular formula is C17H23FN2OS. The summed E-state index contributed by atoms with van der Waals surface area (Å²) in [5.41, 5.74) is 1.44. The number of nitrogens with zero attached hydrogens (tertiary/aromatic N) is 1. The first-order valence-corrected chi connectivity index (χ1v) is 9.17. The molecule has 1 aliphatic carbocycles. The first-order chi connectivity index (χ1) is 10.6. The molecule has 1 aliphatic heterocycles. The lowest BCUT2D eigenvalue weighted by atomic mass is 9.94. The molecule has 3 nitrogen and oxygen atoms in total. The lowest BCUT2D eigenvalue weighted by Gasteiger charge is -2.31. The summed E-state index contributed by atoms with van der Waals surface area (Å²) in [5.74, 6) is -0.0236. The Morgan fingerprint density at radius 1 is 1.45 bits per heavy atom. The molecule has 0 spiro atoms. The molecule has 3 rings (SSSR count). The van der Waals surface area contributed by atoms with Gasteiger partial charge in [0, 0.05) is 30.1 Å². The van der Waals surface area contributed by atoms with Crippen LogP contribution in [0.25, 0.3) is 0 Å². The molecule has 1 N–H and O–H groups in total. The Morgan fingerprint density at radius 2 is 2.23 bits per heavy atom. The normalized spacial score (nSPS) is 23.7. The summed E-state index contributed by atoms with van der Waals surface area (Å²) in [6.45, 7) is 3.44. The van der Waals surface area contributed by atoms with Crippen molar-refractivity contribution < 1.29 is 9.18 Å². The Hall–Kier alpha value is -1.07. The fraction of sp³-hybridized carbons (Fsp3) is 0.588. The van der Waals surface area contributed by atoms with E-state index in [1.807, 2.05) is 25.3 Å². The van der Waals surface area contributed by atoms with Crippen LogP contribution in [0, 0.1) is 11.7 Å². The van der Waals surface area contributed by atoms with E-state index in [0.717, 1.165) is 37.8 Å². The standard InChI is InChI=1S/C17H23FN2OS/c1-12-4-3-9-20(16(12)21)13-5-6-14(15(18)10-13)17(7-8-17)11-19-22-2/h5-6,10,12,19H,3-4,7-9,11H2,1-2H3. The zero-order valence-corrected chi connectivity index (χ0v) is 14.0. The Bertz CT molecular complexity index is 574. The summed E-state index contributed by atoms with van der Waals surface area (Å²) >= 11 is 1.57. The number of carbonyl (C=O) groups excluding carboxylic acids is 1. The first kappa shape index (κ1) is 15.8. The lowest BCUT2D eigenvalue weighted by molar-refractivity contribution is -0.123. The lowest BCUT2D eigenvalue weighted by Crippen LogP contribution is -2.40. The number of carbonyl (C=O) groups is 1. The molecule has 0 radical (unpaired) electrons. The SMILES string of the molecule is CSNCC1(c2ccc(N3CCCC(C)C3=O)cc2F)CC1. The third-order valence-corrected chi connectivity index (χ3v) is 5.38. The van der Waals surface area contributed by atoms with Gasteiger partial charge in [-0.1, -0.05) is 24.9 Å². The van der Waals surface area contributed by atoms with Crippen LogP contribution in [0.4, 0.5) is 10.1 Å². The van der Waals surface area contributed by atoms with Gasteiger partial charge in [0.2, 0.25) is 5.91 Å². The van der Waals surface area contributed by atoms with Gasteiger partial charge in [-0.2, -0.15) is 0 Å². The number of benzene rings is 1. The van der Waals surface area contributed by atoms with E-state index in [-0.39, 0.29) is 23.1 Å². The number of halogens is 1. The molecule has 1 aromatic carbocycles. The minimum atomic E-state index is -0.177. The van der Waals surface area contributed by atoms with Crippen molar-refractivity contribution in [1.29, 1.82) is 0 Å². The molecule has 1 atom stereocenters. The van der Waals surface area contributed by atoms with E-state index in [2.05, 4.69) is 4.72 Å². The fourth-order valence-electron chi connectivity index (χ4n) is 3.32. The number of piperidine rings is 1. The molecule has 1 amide bonds. The topological polar surface area (TPSA) is 32.3 Å².